The lowest BCUT2D eigenvalue weighted by atomic mass is 9.92. The molecule has 2 atom stereocenters. The molecule has 1 fully saturated rings. The number of rotatable bonds is 11. The van der Waals surface area contributed by atoms with Crippen LogP contribution in [0, 0.1) is 6.92 Å². The summed E-state index contributed by atoms with van der Waals surface area (Å²) in [6.45, 7) is 10.2. The second kappa shape index (κ2) is 13.6. The number of nitrogens with zero attached hydrogens (tertiary/aromatic N) is 3. The van der Waals surface area contributed by atoms with Crippen LogP contribution in [-0.2, 0) is 16.0 Å². The van der Waals surface area contributed by atoms with Crippen LogP contribution in [0.25, 0.3) is 0 Å². The summed E-state index contributed by atoms with van der Waals surface area (Å²) in [5, 5.41) is 2.20. The Labute approximate surface area is 227 Å². The molecule has 202 valence electrons. The van der Waals surface area contributed by atoms with E-state index in [2.05, 4.69) is 61.4 Å². The number of hydrogen-bond acceptors (Lipinski definition) is 4. The highest BCUT2D eigenvalue weighted by molar-refractivity contribution is 7.10. The van der Waals surface area contributed by atoms with Gasteiger partial charge in [-0.05, 0) is 49.3 Å². The summed E-state index contributed by atoms with van der Waals surface area (Å²) < 4.78 is 0. The zero-order valence-electron chi connectivity index (χ0n) is 23.1. The molecule has 2 aromatic rings. The van der Waals surface area contributed by atoms with Gasteiger partial charge in [0.2, 0.25) is 11.8 Å². The molecule has 1 aromatic carbocycles. The topological polar surface area (TPSA) is 43.9 Å². The number of amides is 2. The Morgan fingerprint density at radius 2 is 1.68 bits per heavy atom. The van der Waals surface area contributed by atoms with Gasteiger partial charge < -0.3 is 9.80 Å². The van der Waals surface area contributed by atoms with E-state index in [4.69, 9.17) is 0 Å². The van der Waals surface area contributed by atoms with Crippen molar-refractivity contribution in [2.45, 2.75) is 90.6 Å². The van der Waals surface area contributed by atoms with E-state index in [0.29, 0.717) is 32.5 Å². The molecule has 2 aliphatic heterocycles. The fraction of sp³-hybridized carbons (Fsp3) is 0.613. The average Bonchev–Trinajstić information content (AvgIpc) is 3.38. The zero-order valence-corrected chi connectivity index (χ0v) is 23.9. The van der Waals surface area contributed by atoms with E-state index in [1.54, 1.807) is 0 Å². The number of hydrogen-bond donors (Lipinski definition) is 0. The fourth-order valence-electron chi connectivity index (χ4n) is 5.90. The maximum Gasteiger partial charge on any atom is 0.223 e. The van der Waals surface area contributed by atoms with Crippen molar-refractivity contribution in [3.05, 3.63) is 57.3 Å². The van der Waals surface area contributed by atoms with Crippen LogP contribution in [0.1, 0.15) is 92.8 Å². The van der Waals surface area contributed by atoms with Crippen molar-refractivity contribution in [2.24, 2.45) is 0 Å². The van der Waals surface area contributed by atoms with Gasteiger partial charge >= 0.3 is 0 Å². The first-order chi connectivity index (χ1) is 18.0. The molecule has 37 heavy (non-hydrogen) atoms. The molecule has 0 saturated carbocycles. The lowest BCUT2D eigenvalue weighted by Crippen LogP contribution is -2.55. The van der Waals surface area contributed by atoms with Gasteiger partial charge in [0, 0.05) is 56.5 Å². The zero-order chi connectivity index (χ0) is 26.2. The molecular formula is C31H45N3O2S. The van der Waals surface area contributed by atoms with Crippen molar-refractivity contribution in [3.63, 3.8) is 0 Å². The number of fused-ring (bicyclic) bond motifs is 1. The minimum atomic E-state index is 0.0916. The fourth-order valence-corrected chi connectivity index (χ4v) is 6.80. The minimum absolute atomic E-state index is 0.0916. The lowest BCUT2D eigenvalue weighted by molar-refractivity contribution is -0.142. The molecule has 1 saturated heterocycles. The smallest absolute Gasteiger partial charge is 0.223 e. The predicted molar refractivity (Wildman–Crippen MR) is 153 cm³/mol. The van der Waals surface area contributed by atoms with Crippen LogP contribution in [0.5, 0.6) is 0 Å². The highest BCUT2D eigenvalue weighted by Gasteiger charge is 2.32. The molecule has 0 unspecified atom stereocenters. The van der Waals surface area contributed by atoms with Crippen LogP contribution in [-0.4, -0.2) is 65.3 Å². The molecule has 1 aromatic heterocycles. The molecule has 4 rings (SSSR count). The van der Waals surface area contributed by atoms with Gasteiger partial charge in [0.05, 0.1) is 6.04 Å². The lowest BCUT2D eigenvalue weighted by Gasteiger charge is -2.41. The van der Waals surface area contributed by atoms with E-state index in [1.165, 1.54) is 47.3 Å². The van der Waals surface area contributed by atoms with Crippen LogP contribution >= 0.6 is 11.3 Å². The Bertz CT molecular complexity index is 1020. The molecule has 2 aliphatic rings. The van der Waals surface area contributed by atoms with E-state index >= 15 is 0 Å². The van der Waals surface area contributed by atoms with Crippen molar-refractivity contribution < 1.29 is 9.59 Å². The summed E-state index contributed by atoms with van der Waals surface area (Å²) in [6, 6.07) is 11.4. The van der Waals surface area contributed by atoms with E-state index in [0.717, 1.165) is 32.4 Å². The van der Waals surface area contributed by atoms with Crippen LogP contribution in [0.2, 0.25) is 0 Å². The van der Waals surface area contributed by atoms with Gasteiger partial charge in [0.25, 0.3) is 0 Å². The number of unbranched alkanes of at least 4 members (excludes halogenated alkanes) is 5. The van der Waals surface area contributed by atoms with Gasteiger partial charge in [-0.25, -0.2) is 0 Å². The van der Waals surface area contributed by atoms with E-state index in [1.807, 2.05) is 21.1 Å². The first kappa shape index (κ1) is 27.8. The molecule has 0 aliphatic carbocycles. The number of aryl methyl sites for hydroxylation is 1. The van der Waals surface area contributed by atoms with E-state index in [9.17, 15) is 9.59 Å². The molecule has 0 bridgehead atoms. The third-order valence-electron chi connectivity index (χ3n) is 8.12. The number of piperazine rings is 1. The number of carbonyl (C=O) groups excluding carboxylic acids is 2. The first-order valence-electron chi connectivity index (χ1n) is 14.4. The Hall–Kier alpha value is -2.18. The number of thiophene rings is 1. The van der Waals surface area contributed by atoms with Crippen LogP contribution < -0.4 is 0 Å². The summed E-state index contributed by atoms with van der Waals surface area (Å²) >= 11 is 1.85. The van der Waals surface area contributed by atoms with Gasteiger partial charge in [-0.15, -0.1) is 11.3 Å². The van der Waals surface area contributed by atoms with Gasteiger partial charge in [0.15, 0.2) is 0 Å². The van der Waals surface area contributed by atoms with Crippen molar-refractivity contribution in [3.8, 4) is 0 Å². The summed E-state index contributed by atoms with van der Waals surface area (Å²) in [7, 11) is 0. The Kier molecular flexibility index (Phi) is 10.2. The predicted octanol–water partition coefficient (Wildman–Crippen LogP) is 6.20. The second-order valence-corrected chi connectivity index (χ2v) is 11.9. The maximum atomic E-state index is 13.2. The monoisotopic (exact) mass is 523 g/mol. The highest BCUT2D eigenvalue weighted by atomic mass is 32.1. The number of carbonyl (C=O) groups is 2. The summed E-state index contributed by atoms with van der Waals surface area (Å²) in [4.78, 5) is 34.0. The Morgan fingerprint density at radius 3 is 2.43 bits per heavy atom. The molecule has 0 radical (unpaired) electrons. The molecule has 2 amide bonds. The number of benzene rings is 1. The normalized spacial score (nSPS) is 20.2. The molecule has 0 N–H and O–H groups in total. The molecule has 5 nitrogen and oxygen atoms in total. The average molecular weight is 524 g/mol. The van der Waals surface area contributed by atoms with Crippen LogP contribution in [0.3, 0.4) is 0 Å². The first-order valence-corrected chi connectivity index (χ1v) is 15.3. The Balaban J connectivity index is 1.27. The van der Waals surface area contributed by atoms with Crippen molar-refractivity contribution >= 4 is 23.2 Å². The second-order valence-electron chi connectivity index (χ2n) is 10.9. The van der Waals surface area contributed by atoms with E-state index < -0.39 is 0 Å². The summed E-state index contributed by atoms with van der Waals surface area (Å²) in [6.07, 6.45) is 9.41. The van der Waals surface area contributed by atoms with Crippen molar-refractivity contribution in [1.29, 1.82) is 0 Å². The van der Waals surface area contributed by atoms with E-state index in [-0.39, 0.29) is 23.9 Å². The third-order valence-corrected chi connectivity index (χ3v) is 9.11. The van der Waals surface area contributed by atoms with Crippen LogP contribution in [0.4, 0.5) is 0 Å². The Morgan fingerprint density at radius 1 is 0.919 bits per heavy atom. The molecular weight excluding hydrogens is 478 g/mol. The van der Waals surface area contributed by atoms with Gasteiger partial charge in [0.1, 0.15) is 0 Å². The minimum Gasteiger partial charge on any atom is -0.339 e. The quantitative estimate of drug-likeness (QED) is 0.329. The van der Waals surface area contributed by atoms with Crippen molar-refractivity contribution in [2.75, 3.05) is 32.7 Å². The van der Waals surface area contributed by atoms with Gasteiger partial charge in [-0.2, -0.15) is 0 Å². The SMILES string of the molecule is CCCCCCCCC(=O)N1CCN(C(=O)CCN2CCc3sccc3[C@H]2c2ccc(C)cc2)C[C@@H]1C. The third kappa shape index (κ3) is 7.23. The largest absolute Gasteiger partial charge is 0.339 e. The molecule has 3 heterocycles. The molecule has 0 spiro atoms. The van der Waals surface area contributed by atoms with Crippen LogP contribution in [0.15, 0.2) is 35.7 Å². The van der Waals surface area contributed by atoms with Crippen molar-refractivity contribution in [1.82, 2.24) is 14.7 Å². The standard InChI is InChI=1S/C31H45N3O2S/c1-4-5-6-7-8-9-10-30(36)34-21-20-33(23-25(34)3)29(35)16-19-32-18-15-28-27(17-22-37-28)31(32)26-13-11-24(2)12-14-26/h11-14,17,22,25,31H,4-10,15-16,18-21,23H2,1-3H3/t25-,31+/m0/s1. The van der Waals surface area contributed by atoms with Gasteiger partial charge in [-0.1, -0.05) is 68.9 Å². The highest BCUT2D eigenvalue weighted by Crippen LogP contribution is 2.37. The summed E-state index contributed by atoms with van der Waals surface area (Å²) in [5.41, 5.74) is 3.98. The summed E-state index contributed by atoms with van der Waals surface area (Å²) in [5.74, 6) is 0.476. The molecule has 6 heteroatoms. The maximum absolute atomic E-state index is 13.2. The van der Waals surface area contributed by atoms with Gasteiger partial charge in [-0.3, -0.25) is 14.5 Å².